The molecule has 1 fully saturated rings. The number of nitrogens with zero attached hydrogens (tertiary/aromatic N) is 1. The van der Waals surface area contributed by atoms with E-state index in [2.05, 4.69) is 13.0 Å². The minimum absolute atomic E-state index is 0.189. The Hall–Kier alpha value is -1.71. The maximum Gasteiger partial charge on any atom is 0.409 e. The van der Waals surface area contributed by atoms with Gasteiger partial charge in [-0.25, -0.2) is 4.79 Å². The van der Waals surface area contributed by atoms with Gasteiger partial charge in [0, 0.05) is 13.1 Å². The number of carbonyl (C=O) groups excluding carboxylic acids is 1. The zero-order chi connectivity index (χ0) is 14.4. The molecule has 0 aliphatic carbocycles. The summed E-state index contributed by atoms with van der Waals surface area (Å²) in [5, 5.41) is 0. The van der Waals surface area contributed by atoms with Crippen molar-refractivity contribution in [3.8, 4) is 5.75 Å². The predicted molar refractivity (Wildman–Crippen MR) is 78.0 cm³/mol. The molecule has 0 unspecified atom stereocenters. The topological polar surface area (TPSA) is 38.8 Å². The van der Waals surface area contributed by atoms with Crippen molar-refractivity contribution in [2.45, 2.75) is 26.7 Å². The van der Waals surface area contributed by atoms with Gasteiger partial charge in [-0.2, -0.15) is 0 Å². The van der Waals surface area contributed by atoms with Crippen LogP contribution < -0.4 is 4.74 Å². The first-order valence-electron chi connectivity index (χ1n) is 7.30. The fraction of sp³-hybridized carbons (Fsp3) is 0.562. The highest BCUT2D eigenvalue weighted by atomic mass is 16.6. The Kier molecular flexibility index (Phi) is 5.27. The lowest BCUT2D eigenvalue weighted by Gasteiger charge is -2.31. The molecule has 0 aromatic heterocycles. The zero-order valence-electron chi connectivity index (χ0n) is 12.3. The van der Waals surface area contributed by atoms with E-state index in [-0.39, 0.29) is 6.09 Å². The number of likely N-dealkylation sites (tertiary alicyclic amines) is 1. The lowest BCUT2D eigenvalue weighted by molar-refractivity contribution is 0.0844. The van der Waals surface area contributed by atoms with Crippen molar-refractivity contribution in [2.24, 2.45) is 5.92 Å². The molecule has 1 aromatic carbocycles. The minimum atomic E-state index is -0.189. The van der Waals surface area contributed by atoms with E-state index in [4.69, 9.17) is 9.47 Å². The number of aryl methyl sites for hydroxylation is 1. The molecule has 1 aliphatic rings. The Morgan fingerprint density at radius 1 is 1.30 bits per heavy atom. The molecule has 0 atom stereocenters. The van der Waals surface area contributed by atoms with Crippen molar-refractivity contribution in [2.75, 3.05) is 26.3 Å². The van der Waals surface area contributed by atoms with Crippen LogP contribution in [0, 0.1) is 12.8 Å². The summed E-state index contributed by atoms with van der Waals surface area (Å²) in [6, 6.07) is 8.06. The Morgan fingerprint density at radius 2 is 2.00 bits per heavy atom. The fourth-order valence-corrected chi connectivity index (χ4v) is 2.42. The minimum Gasteiger partial charge on any atom is -0.493 e. The largest absolute Gasteiger partial charge is 0.493 e. The normalized spacial score (nSPS) is 16.0. The van der Waals surface area contributed by atoms with E-state index in [0.29, 0.717) is 12.5 Å². The molecular weight excluding hydrogens is 254 g/mol. The maximum absolute atomic E-state index is 11.6. The van der Waals surface area contributed by atoms with Crippen molar-refractivity contribution in [3.63, 3.8) is 0 Å². The van der Waals surface area contributed by atoms with Crippen molar-refractivity contribution < 1.29 is 14.3 Å². The average molecular weight is 277 g/mol. The Balaban J connectivity index is 1.75. The Morgan fingerprint density at radius 3 is 2.65 bits per heavy atom. The number of hydrogen-bond donors (Lipinski definition) is 0. The lowest BCUT2D eigenvalue weighted by Crippen LogP contribution is -2.40. The molecule has 1 amide bonds. The van der Waals surface area contributed by atoms with Crippen LogP contribution in [0.3, 0.4) is 0 Å². The second-order valence-corrected chi connectivity index (χ2v) is 5.21. The molecule has 110 valence electrons. The lowest BCUT2D eigenvalue weighted by atomic mass is 9.98. The molecule has 2 rings (SSSR count). The molecule has 4 nitrogen and oxygen atoms in total. The van der Waals surface area contributed by atoms with Crippen LogP contribution in [0.2, 0.25) is 0 Å². The molecule has 1 heterocycles. The van der Waals surface area contributed by atoms with E-state index in [1.54, 1.807) is 4.90 Å². The number of hydrogen-bond acceptors (Lipinski definition) is 3. The van der Waals surface area contributed by atoms with E-state index in [9.17, 15) is 4.79 Å². The van der Waals surface area contributed by atoms with Gasteiger partial charge < -0.3 is 14.4 Å². The number of carbonyl (C=O) groups is 1. The zero-order valence-corrected chi connectivity index (χ0v) is 12.3. The van der Waals surface area contributed by atoms with Crippen molar-refractivity contribution in [1.29, 1.82) is 0 Å². The highest BCUT2D eigenvalue weighted by Crippen LogP contribution is 2.21. The first-order chi connectivity index (χ1) is 9.70. The van der Waals surface area contributed by atoms with Gasteiger partial charge in [0.2, 0.25) is 0 Å². The van der Waals surface area contributed by atoms with E-state index in [1.165, 1.54) is 0 Å². The molecule has 1 saturated heterocycles. The third-order valence-electron chi connectivity index (χ3n) is 3.71. The van der Waals surface area contributed by atoms with Gasteiger partial charge in [0.05, 0.1) is 13.2 Å². The van der Waals surface area contributed by atoms with Gasteiger partial charge in [0.15, 0.2) is 0 Å². The molecule has 1 aromatic rings. The molecule has 0 spiro atoms. The van der Waals surface area contributed by atoms with E-state index in [1.807, 2.05) is 25.1 Å². The number of benzene rings is 1. The van der Waals surface area contributed by atoms with Crippen LogP contribution >= 0.6 is 0 Å². The van der Waals surface area contributed by atoms with Crippen LogP contribution in [-0.2, 0) is 4.74 Å². The molecule has 1 aliphatic heterocycles. The summed E-state index contributed by atoms with van der Waals surface area (Å²) in [7, 11) is 0. The highest BCUT2D eigenvalue weighted by molar-refractivity contribution is 5.67. The number of rotatable bonds is 4. The molecule has 0 saturated carbocycles. The third-order valence-corrected chi connectivity index (χ3v) is 3.71. The van der Waals surface area contributed by atoms with Gasteiger partial charge >= 0.3 is 6.09 Å². The highest BCUT2D eigenvalue weighted by Gasteiger charge is 2.23. The van der Waals surface area contributed by atoms with E-state index >= 15 is 0 Å². The van der Waals surface area contributed by atoms with Crippen LogP contribution in [0.25, 0.3) is 0 Å². The molecular formula is C16H23NO3. The summed E-state index contributed by atoms with van der Waals surface area (Å²) < 4.78 is 10.9. The summed E-state index contributed by atoms with van der Waals surface area (Å²) in [5.74, 6) is 1.47. The summed E-state index contributed by atoms with van der Waals surface area (Å²) in [6.45, 7) is 6.58. The van der Waals surface area contributed by atoms with Gasteiger partial charge in [-0.15, -0.1) is 0 Å². The fourth-order valence-electron chi connectivity index (χ4n) is 2.42. The van der Waals surface area contributed by atoms with Crippen LogP contribution in [0.15, 0.2) is 24.3 Å². The van der Waals surface area contributed by atoms with Crippen molar-refractivity contribution in [1.82, 2.24) is 4.90 Å². The standard InChI is InChI=1S/C16H23NO3/c1-3-19-16(18)17-10-8-14(9-11-17)12-20-15-7-5-4-6-13(15)2/h4-7,14H,3,8-12H2,1-2H3. The van der Waals surface area contributed by atoms with Crippen molar-refractivity contribution >= 4 is 6.09 Å². The van der Waals surface area contributed by atoms with E-state index < -0.39 is 0 Å². The van der Waals surface area contributed by atoms with Crippen LogP contribution in [0.5, 0.6) is 5.75 Å². The Bertz CT molecular complexity index is 439. The molecule has 20 heavy (non-hydrogen) atoms. The third kappa shape index (κ3) is 3.89. The predicted octanol–water partition coefficient (Wildman–Crippen LogP) is 3.24. The number of para-hydroxylation sites is 1. The number of piperidine rings is 1. The quantitative estimate of drug-likeness (QED) is 0.848. The van der Waals surface area contributed by atoms with Crippen LogP contribution in [-0.4, -0.2) is 37.3 Å². The van der Waals surface area contributed by atoms with Crippen molar-refractivity contribution in [3.05, 3.63) is 29.8 Å². The first kappa shape index (κ1) is 14.7. The monoisotopic (exact) mass is 277 g/mol. The summed E-state index contributed by atoms with van der Waals surface area (Å²) in [6.07, 6.45) is 1.76. The number of ether oxygens (including phenoxy) is 2. The van der Waals surface area contributed by atoms with Gasteiger partial charge in [0.1, 0.15) is 5.75 Å². The summed E-state index contributed by atoms with van der Waals surface area (Å²) >= 11 is 0. The van der Waals surface area contributed by atoms with Gasteiger partial charge in [-0.3, -0.25) is 0 Å². The molecule has 0 N–H and O–H groups in total. The molecule has 0 bridgehead atoms. The Labute approximate surface area is 120 Å². The van der Waals surface area contributed by atoms with Crippen LogP contribution in [0.1, 0.15) is 25.3 Å². The summed E-state index contributed by atoms with van der Waals surface area (Å²) in [5.41, 5.74) is 1.16. The summed E-state index contributed by atoms with van der Waals surface area (Å²) in [4.78, 5) is 13.4. The second-order valence-electron chi connectivity index (χ2n) is 5.21. The van der Waals surface area contributed by atoms with Crippen LogP contribution in [0.4, 0.5) is 4.79 Å². The SMILES string of the molecule is CCOC(=O)N1CCC(COc2ccccc2C)CC1. The smallest absolute Gasteiger partial charge is 0.409 e. The molecule has 4 heteroatoms. The van der Waals surface area contributed by atoms with E-state index in [0.717, 1.165) is 43.9 Å². The maximum atomic E-state index is 11.6. The van der Waals surface area contributed by atoms with Gasteiger partial charge in [-0.1, -0.05) is 18.2 Å². The average Bonchev–Trinajstić information content (AvgIpc) is 2.47. The first-order valence-corrected chi connectivity index (χ1v) is 7.30. The molecule has 0 radical (unpaired) electrons. The van der Waals surface area contributed by atoms with Gasteiger partial charge in [0.25, 0.3) is 0 Å². The number of amides is 1. The van der Waals surface area contributed by atoms with Gasteiger partial charge in [-0.05, 0) is 44.2 Å². The second kappa shape index (κ2) is 7.17.